The lowest BCUT2D eigenvalue weighted by Gasteiger charge is -2.30. The largest absolute Gasteiger partial charge is 0.336 e. The van der Waals surface area contributed by atoms with Gasteiger partial charge >= 0.3 is 0 Å². The van der Waals surface area contributed by atoms with Crippen molar-refractivity contribution in [3.8, 4) is 27.5 Å². The standard InChI is InChI=1S/C35H42N4O2S/c1-7-25-10-9-11-26(8-2)32(25)39-30(20-22(3)4)28(34(40)38-18-16-36-17-19-38)21-29(35(39)41)33-37-31(24(6)42-33)27-14-12-23(5)13-15-27/h9-15,21-22,36H,7-8,16-20H2,1-6H3. The number of thiazole rings is 1. The molecule has 220 valence electrons. The van der Waals surface area contributed by atoms with Crippen LogP contribution in [0.4, 0.5) is 0 Å². The van der Waals surface area contributed by atoms with Crippen LogP contribution in [0.1, 0.15) is 65.3 Å². The van der Waals surface area contributed by atoms with Crippen LogP contribution in [-0.2, 0) is 19.3 Å². The van der Waals surface area contributed by atoms with Crippen molar-refractivity contribution in [3.63, 3.8) is 0 Å². The van der Waals surface area contributed by atoms with Crippen molar-refractivity contribution >= 4 is 17.2 Å². The summed E-state index contributed by atoms with van der Waals surface area (Å²) in [5, 5.41) is 4.00. The number of aromatic nitrogens is 2. The quantitative estimate of drug-likeness (QED) is 0.254. The second-order valence-electron chi connectivity index (χ2n) is 11.6. The maximum Gasteiger partial charge on any atom is 0.265 e. The van der Waals surface area contributed by atoms with E-state index in [0.29, 0.717) is 35.6 Å². The van der Waals surface area contributed by atoms with Gasteiger partial charge in [-0.25, -0.2) is 4.98 Å². The first kappa shape index (κ1) is 29.9. The van der Waals surface area contributed by atoms with Gasteiger partial charge in [0.15, 0.2) is 0 Å². The Balaban J connectivity index is 1.82. The van der Waals surface area contributed by atoms with Crippen LogP contribution in [0.25, 0.3) is 27.5 Å². The third-order valence-electron chi connectivity index (χ3n) is 8.08. The number of nitrogens with one attached hydrogen (secondary N) is 1. The zero-order chi connectivity index (χ0) is 30.0. The first-order valence-corrected chi connectivity index (χ1v) is 16.0. The summed E-state index contributed by atoms with van der Waals surface area (Å²) < 4.78 is 1.88. The van der Waals surface area contributed by atoms with Gasteiger partial charge in [-0.15, -0.1) is 11.3 Å². The van der Waals surface area contributed by atoms with Gasteiger partial charge in [-0.3, -0.25) is 14.2 Å². The van der Waals surface area contributed by atoms with Gasteiger partial charge in [0.25, 0.3) is 11.5 Å². The van der Waals surface area contributed by atoms with E-state index in [2.05, 4.69) is 89.3 Å². The molecule has 1 amide bonds. The molecule has 0 unspecified atom stereocenters. The molecule has 0 saturated carbocycles. The molecule has 3 heterocycles. The van der Waals surface area contributed by atoms with Crippen molar-refractivity contribution in [1.29, 1.82) is 0 Å². The van der Waals surface area contributed by atoms with E-state index in [4.69, 9.17) is 4.98 Å². The minimum absolute atomic E-state index is 0.0128. The molecule has 0 spiro atoms. The van der Waals surface area contributed by atoms with Crippen LogP contribution in [-0.4, -0.2) is 46.5 Å². The van der Waals surface area contributed by atoms with Crippen LogP contribution in [0.15, 0.2) is 53.3 Å². The summed E-state index contributed by atoms with van der Waals surface area (Å²) in [7, 11) is 0. The molecular weight excluding hydrogens is 540 g/mol. The molecule has 4 aromatic rings. The lowest BCUT2D eigenvalue weighted by molar-refractivity contribution is 0.0733. The van der Waals surface area contributed by atoms with Crippen LogP contribution in [0.3, 0.4) is 0 Å². The molecule has 1 saturated heterocycles. The minimum atomic E-state index is -0.109. The fraction of sp³-hybridized carbons (Fsp3) is 0.400. The molecule has 5 rings (SSSR count). The number of aryl methyl sites for hydroxylation is 4. The van der Waals surface area contributed by atoms with Gasteiger partial charge < -0.3 is 10.2 Å². The number of carbonyl (C=O) groups excluding carboxylic acids is 1. The first-order chi connectivity index (χ1) is 20.2. The number of amides is 1. The SMILES string of the molecule is CCc1cccc(CC)c1-n1c(CC(C)C)c(C(=O)N2CCNCC2)cc(-c2nc(-c3ccc(C)cc3)c(C)s2)c1=O. The molecule has 42 heavy (non-hydrogen) atoms. The number of rotatable bonds is 8. The van der Waals surface area contributed by atoms with E-state index in [1.165, 1.54) is 16.9 Å². The van der Waals surface area contributed by atoms with Gasteiger partial charge in [-0.2, -0.15) is 0 Å². The second kappa shape index (κ2) is 12.8. The third kappa shape index (κ3) is 5.86. The monoisotopic (exact) mass is 582 g/mol. The normalized spacial score (nSPS) is 13.6. The number of hydrogen-bond donors (Lipinski definition) is 1. The zero-order valence-electron chi connectivity index (χ0n) is 25.7. The second-order valence-corrected chi connectivity index (χ2v) is 12.8. The van der Waals surface area contributed by atoms with E-state index in [9.17, 15) is 9.59 Å². The van der Waals surface area contributed by atoms with E-state index < -0.39 is 0 Å². The summed E-state index contributed by atoms with van der Waals surface area (Å²) in [6.07, 6.45) is 2.20. The van der Waals surface area contributed by atoms with Crippen LogP contribution in [0.5, 0.6) is 0 Å². The number of benzene rings is 2. The van der Waals surface area contributed by atoms with E-state index in [-0.39, 0.29) is 17.4 Å². The first-order valence-electron chi connectivity index (χ1n) is 15.2. The highest BCUT2D eigenvalue weighted by Crippen LogP contribution is 2.34. The minimum Gasteiger partial charge on any atom is -0.336 e. The van der Waals surface area contributed by atoms with Crippen molar-refractivity contribution in [1.82, 2.24) is 19.8 Å². The zero-order valence-corrected chi connectivity index (χ0v) is 26.5. The number of pyridine rings is 1. The summed E-state index contributed by atoms with van der Waals surface area (Å²) in [5.74, 6) is 0.242. The number of hydrogen-bond acceptors (Lipinski definition) is 5. The van der Waals surface area contributed by atoms with Crippen LogP contribution >= 0.6 is 11.3 Å². The van der Waals surface area contributed by atoms with E-state index in [0.717, 1.165) is 64.6 Å². The van der Waals surface area contributed by atoms with Crippen molar-refractivity contribution in [2.45, 2.75) is 60.8 Å². The summed E-state index contributed by atoms with van der Waals surface area (Å²) in [4.78, 5) is 37.0. The Labute approximate surface area is 253 Å². The predicted molar refractivity (Wildman–Crippen MR) is 174 cm³/mol. The lowest BCUT2D eigenvalue weighted by Crippen LogP contribution is -2.47. The molecule has 0 radical (unpaired) electrons. The molecule has 0 atom stereocenters. The molecule has 0 bridgehead atoms. The number of nitrogens with zero attached hydrogens (tertiary/aromatic N) is 3. The molecule has 6 nitrogen and oxygen atoms in total. The molecular formula is C35H42N4O2S. The smallest absolute Gasteiger partial charge is 0.265 e. The highest BCUT2D eigenvalue weighted by Gasteiger charge is 2.28. The maximum absolute atomic E-state index is 14.8. The fourth-order valence-corrected chi connectivity index (χ4v) is 6.79. The Bertz CT molecular complexity index is 1620. The van der Waals surface area contributed by atoms with Crippen molar-refractivity contribution in [2.75, 3.05) is 26.2 Å². The van der Waals surface area contributed by atoms with Crippen molar-refractivity contribution in [2.24, 2.45) is 5.92 Å². The van der Waals surface area contributed by atoms with Crippen molar-refractivity contribution in [3.05, 3.63) is 91.7 Å². The topological polar surface area (TPSA) is 67.2 Å². The lowest BCUT2D eigenvalue weighted by atomic mass is 9.97. The molecule has 2 aromatic heterocycles. The number of carbonyl (C=O) groups is 1. The van der Waals surface area contributed by atoms with Gasteiger partial charge in [0.2, 0.25) is 0 Å². The van der Waals surface area contributed by atoms with Gasteiger partial charge in [0.05, 0.1) is 22.5 Å². The Morgan fingerprint density at radius 3 is 2.24 bits per heavy atom. The summed E-state index contributed by atoms with van der Waals surface area (Å²) in [6, 6.07) is 16.5. The van der Waals surface area contributed by atoms with E-state index in [1.807, 2.05) is 15.5 Å². The van der Waals surface area contributed by atoms with Gasteiger partial charge in [-0.05, 0) is 56.2 Å². The van der Waals surface area contributed by atoms with Gasteiger partial charge in [-0.1, -0.05) is 75.7 Å². The molecule has 2 aromatic carbocycles. The van der Waals surface area contributed by atoms with Crippen LogP contribution < -0.4 is 10.9 Å². The predicted octanol–water partition coefficient (Wildman–Crippen LogP) is 6.61. The molecule has 0 aliphatic carbocycles. The Kier molecular flexibility index (Phi) is 9.09. The fourth-order valence-electron chi connectivity index (χ4n) is 5.85. The summed E-state index contributed by atoms with van der Waals surface area (Å²) >= 11 is 1.52. The molecule has 1 aliphatic rings. The van der Waals surface area contributed by atoms with Gasteiger partial charge in [0.1, 0.15) is 5.01 Å². The van der Waals surface area contributed by atoms with E-state index in [1.54, 1.807) is 0 Å². The molecule has 1 fully saturated rings. The number of para-hydroxylation sites is 1. The average molecular weight is 583 g/mol. The molecule has 1 N–H and O–H groups in total. The Morgan fingerprint density at radius 2 is 1.64 bits per heavy atom. The summed E-state index contributed by atoms with van der Waals surface area (Å²) in [6.45, 7) is 15.5. The third-order valence-corrected chi connectivity index (χ3v) is 9.08. The number of piperazine rings is 1. The Hall–Kier alpha value is -3.55. The van der Waals surface area contributed by atoms with Crippen LogP contribution in [0, 0.1) is 19.8 Å². The summed E-state index contributed by atoms with van der Waals surface area (Å²) in [5.41, 5.74) is 8.01. The Morgan fingerprint density at radius 1 is 1.00 bits per heavy atom. The van der Waals surface area contributed by atoms with Crippen LogP contribution in [0.2, 0.25) is 0 Å². The van der Waals surface area contributed by atoms with E-state index >= 15 is 0 Å². The highest BCUT2D eigenvalue weighted by atomic mass is 32.1. The molecule has 1 aliphatic heterocycles. The maximum atomic E-state index is 14.8. The van der Waals surface area contributed by atoms with Gasteiger partial charge in [0, 0.05) is 42.3 Å². The highest BCUT2D eigenvalue weighted by molar-refractivity contribution is 7.15. The molecule has 7 heteroatoms. The van der Waals surface area contributed by atoms with Crippen molar-refractivity contribution < 1.29 is 4.79 Å². The average Bonchev–Trinajstić information content (AvgIpc) is 3.38.